The van der Waals surface area contributed by atoms with Crippen LogP contribution in [0.25, 0.3) is 21.8 Å². The molecule has 4 rings (SSSR count). The van der Waals surface area contributed by atoms with Crippen molar-refractivity contribution in [1.29, 1.82) is 0 Å². The topological polar surface area (TPSA) is 59.3 Å². The Bertz CT molecular complexity index is 1140. The molecule has 0 radical (unpaired) electrons. The summed E-state index contributed by atoms with van der Waals surface area (Å²) in [6.07, 6.45) is 11.5. The van der Waals surface area contributed by atoms with Crippen molar-refractivity contribution in [2.24, 2.45) is 5.92 Å². The molecular weight excluding hydrogens is 418 g/mol. The highest BCUT2D eigenvalue weighted by molar-refractivity contribution is 7.86. The van der Waals surface area contributed by atoms with Crippen LogP contribution in [-0.4, -0.2) is 22.8 Å². The minimum Gasteiger partial charge on any atom is -0.340 e. The molecule has 0 aliphatic heterocycles. The predicted molar refractivity (Wildman–Crippen MR) is 134 cm³/mol. The smallest absolute Gasteiger partial charge is 0.268 e. The van der Waals surface area contributed by atoms with E-state index < -0.39 is 15.4 Å². The zero-order valence-corrected chi connectivity index (χ0v) is 20.1. The van der Waals surface area contributed by atoms with E-state index in [9.17, 15) is 13.0 Å². The molecule has 1 atom stereocenters. The van der Waals surface area contributed by atoms with Gasteiger partial charge in [-0.3, -0.25) is 4.55 Å². The lowest BCUT2D eigenvalue weighted by Crippen LogP contribution is -2.32. The molecule has 174 valence electrons. The van der Waals surface area contributed by atoms with Gasteiger partial charge in [0.2, 0.25) is 0 Å². The SMILES string of the molecule is CCCCCCc1cccc2c3ccccc3n(CCC(C3CCCCC3)S(=O)(=O)O)c12. The average Bonchev–Trinajstić information content (AvgIpc) is 3.11. The van der Waals surface area contributed by atoms with Gasteiger partial charge in [-0.1, -0.05) is 81.8 Å². The van der Waals surface area contributed by atoms with Crippen LogP contribution in [0.1, 0.15) is 76.7 Å². The van der Waals surface area contributed by atoms with E-state index in [4.69, 9.17) is 0 Å². The first-order chi connectivity index (χ1) is 15.5. The van der Waals surface area contributed by atoms with Gasteiger partial charge in [0, 0.05) is 22.8 Å². The first kappa shape index (κ1) is 23.3. The van der Waals surface area contributed by atoms with E-state index in [2.05, 4.69) is 54.0 Å². The van der Waals surface area contributed by atoms with E-state index in [0.29, 0.717) is 13.0 Å². The molecule has 1 aliphatic carbocycles. The highest BCUT2D eigenvalue weighted by atomic mass is 32.2. The summed E-state index contributed by atoms with van der Waals surface area (Å²) in [7, 11) is -4.07. The fourth-order valence-electron chi connectivity index (χ4n) is 5.75. The molecule has 1 aromatic heterocycles. The van der Waals surface area contributed by atoms with Crippen molar-refractivity contribution in [3.63, 3.8) is 0 Å². The average molecular weight is 456 g/mol. The summed E-state index contributed by atoms with van der Waals surface area (Å²) in [5.41, 5.74) is 3.74. The van der Waals surface area contributed by atoms with Crippen molar-refractivity contribution in [2.45, 2.75) is 89.3 Å². The first-order valence-electron chi connectivity index (χ1n) is 12.5. The number of hydrogen-bond donors (Lipinski definition) is 1. The van der Waals surface area contributed by atoms with Gasteiger partial charge in [-0.25, -0.2) is 0 Å². The predicted octanol–water partition coefficient (Wildman–Crippen LogP) is 7.14. The summed E-state index contributed by atoms with van der Waals surface area (Å²) in [6.45, 7) is 2.84. The lowest BCUT2D eigenvalue weighted by atomic mass is 9.85. The van der Waals surface area contributed by atoms with Crippen LogP contribution in [-0.2, 0) is 23.1 Å². The van der Waals surface area contributed by atoms with Gasteiger partial charge in [0.1, 0.15) is 0 Å². The maximum Gasteiger partial charge on any atom is 0.268 e. The zero-order valence-electron chi connectivity index (χ0n) is 19.3. The Labute approximate surface area is 192 Å². The molecule has 1 saturated carbocycles. The highest BCUT2D eigenvalue weighted by Crippen LogP contribution is 2.35. The van der Waals surface area contributed by atoms with Crippen LogP contribution >= 0.6 is 0 Å². The van der Waals surface area contributed by atoms with Gasteiger partial charge in [0.15, 0.2) is 0 Å². The van der Waals surface area contributed by atoms with Gasteiger partial charge in [-0.15, -0.1) is 0 Å². The number of unbranched alkanes of at least 4 members (excludes halogenated alkanes) is 3. The molecule has 1 unspecified atom stereocenters. The van der Waals surface area contributed by atoms with Crippen molar-refractivity contribution in [2.75, 3.05) is 0 Å². The van der Waals surface area contributed by atoms with E-state index in [-0.39, 0.29) is 5.92 Å². The molecule has 1 heterocycles. The summed E-state index contributed by atoms with van der Waals surface area (Å²) in [6, 6.07) is 15.0. The number of aromatic nitrogens is 1. The lowest BCUT2D eigenvalue weighted by Gasteiger charge is -2.28. The number of benzene rings is 2. The quantitative estimate of drug-likeness (QED) is 0.261. The second-order valence-corrected chi connectivity index (χ2v) is 11.2. The number of para-hydroxylation sites is 2. The molecule has 2 aromatic carbocycles. The Hall–Kier alpha value is -1.85. The third kappa shape index (κ3) is 5.04. The molecule has 5 heteroatoms. The Morgan fingerprint density at radius 1 is 0.969 bits per heavy atom. The molecule has 1 aliphatic rings. The lowest BCUT2D eigenvalue weighted by molar-refractivity contribution is 0.314. The van der Waals surface area contributed by atoms with Crippen LogP contribution in [0, 0.1) is 5.92 Å². The van der Waals surface area contributed by atoms with Gasteiger partial charge in [0.05, 0.1) is 10.8 Å². The van der Waals surface area contributed by atoms with E-state index in [1.807, 2.05) is 0 Å². The van der Waals surface area contributed by atoms with Crippen molar-refractivity contribution in [3.05, 3.63) is 48.0 Å². The molecule has 0 spiro atoms. The van der Waals surface area contributed by atoms with Gasteiger partial charge in [-0.05, 0) is 49.7 Å². The van der Waals surface area contributed by atoms with Gasteiger partial charge >= 0.3 is 0 Å². The third-order valence-corrected chi connectivity index (χ3v) is 8.76. The molecule has 1 fully saturated rings. The minimum absolute atomic E-state index is 0.0698. The number of rotatable bonds is 10. The summed E-state index contributed by atoms with van der Waals surface area (Å²) >= 11 is 0. The van der Waals surface area contributed by atoms with E-state index >= 15 is 0 Å². The Morgan fingerprint density at radius 2 is 1.72 bits per heavy atom. The Kier molecular flexibility index (Phi) is 7.57. The minimum atomic E-state index is -4.07. The highest BCUT2D eigenvalue weighted by Gasteiger charge is 2.33. The van der Waals surface area contributed by atoms with Crippen molar-refractivity contribution in [1.82, 2.24) is 4.57 Å². The van der Waals surface area contributed by atoms with Crippen LogP contribution in [0.4, 0.5) is 0 Å². The Balaban J connectivity index is 1.69. The van der Waals surface area contributed by atoms with Crippen LogP contribution in [0.5, 0.6) is 0 Å². The van der Waals surface area contributed by atoms with Crippen molar-refractivity contribution < 1.29 is 13.0 Å². The van der Waals surface area contributed by atoms with E-state index in [1.54, 1.807) is 0 Å². The van der Waals surface area contributed by atoms with Crippen LogP contribution in [0.2, 0.25) is 0 Å². The van der Waals surface area contributed by atoms with Crippen LogP contribution in [0.3, 0.4) is 0 Å². The van der Waals surface area contributed by atoms with Crippen molar-refractivity contribution in [3.8, 4) is 0 Å². The van der Waals surface area contributed by atoms with Gasteiger partial charge in [0.25, 0.3) is 10.1 Å². The fraction of sp³-hybridized carbons (Fsp3) is 0.556. The molecular formula is C27H37NO3S. The fourth-order valence-corrected chi connectivity index (χ4v) is 6.91. The number of fused-ring (bicyclic) bond motifs is 3. The molecule has 0 bridgehead atoms. The first-order valence-corrected chi connectivity index (χ1v) is 14.0. The molecule has 3 aromatic rings. The number of hydrogen-bond acceptors (Lipinski definition) is 2. The number of nitrogens with zero attached hydrogens (tertiary/aromatic N) is 1. The molecule has 4 nitrogen and oxygen atoms in total. The second kappa shape index (κ2) is 10.4. The second-order valence-electron chi connectivity index (χ2n) is 9.53. The maximum absolute atomic E-state index is 12.3. The molecule has 1 N–H and O–H groups in total. The Morgan fingerprint density at radius 3 is 2.47 bits per heavy atom. The summed E-state index contributed by atoms with van der Waals surface area (Å²) in [5.74, 6) is 0.0698. The summed E-state index contributed by atoms with van der Waals surface area (Å²) in [4.78, 5) is 0. The third-order valence-electron chi connectivity index (χ3n) is 7.37. The largest absolute Gasteiger partial charge is 0.340 e. The summed E-state index contributed by atoms with van der Waals surface area (Å²) in [5, 5.41) is 1.80. The van der Waals surface area contributed by atoms with Gasteiger partial charge < -0.3 is 4.57 Å². The summed E-state index contributed by atoms with van der Waals surface area (Å²) < 4.78 is 37.1. The van der Waals surface area contributed by atoms with Crippen LogP contribution < -0.4 is 0 Å². The van der Waals surface area contributed by atoms with E-state index in [0.717, 1.165) is 37.6 Å². The molecule has 0 amide bonds. The maximum atomic E-state index is 12.3. The van der Waals surface area contributed by atoms with Gasteiger partial charge in [-0.2, -0.15) is 8.42 Å². The number of aryl methyl sites for hydroxylation is 2. The zero-order chi connectivity index (χ0) is 22.6. The monoisotopic (exact) mass is 455 g/mol. The van der Waals surface area contributed by atoms with E-state index in [1.165, 1.54) is 54.0 Å². The standard InChI is InChI=1S/C27H37NO3S/c1-2-3-4-6-14-22-15-11-17-24-23-16-9-10-18-25(23)28(27(22)24)20-19-26(32(29,30)31)21-12-7-5-8-13-21/h9-11,15-18,21,26H,2-8,12-14,19-20H2,1H3,(H,29,30,31). The molecule has 0 saturated heterocycles. The molecule has 32 heavy (non-hydrogen) atoms. The normalized spacial score (nSPS) is 16.7. The van der Waals surface area contributed by atoms with Crippen LogP contribution in [0.15, 0.2) is 42.5 Å². The van der Waals surface area contributed by atoms with Crippen molar-refractivity contribution >= 4 is 31.9 Å².